The summed E-state index contributed by atoms with van der Waals surface area (Å²) in [6, 6.07) is 0. The molecule has 1 aliphatic heterocycles. The van der Waals surface area contributed by atoms with Gasteiger partial charge in [0.25, 0.3) is 0 Å². The van der Waals surface area contributed by atoms with Gasteiger partial charge in [-0.1, -0.05) is 0 Å². The van der Waals surface area contributed by atoms with E-state index in [1.165, 1.54) is 7.11 Å². The molecule has 0 atom stereocenters. The average molecular weight is 199 g/mol. The Morgan fingerprint density at radius 1 is 1.64 bits per heavy atom. The molecule has 0 spiro atoms. The zero-order chi connectivity index (χ0) is 10.8. The average Bonchev–Trinajstić information content (AvgIpc) is 2.11. The number of ether oxygens (including phenoxy) is 2. The topological polar surface area (TPSA) is 64.6 Å². The molecular formula is C9H13NO4. The molecule has 0 unspecified atom stereocenters. The van der Waals surface area contributed by atoms with Crippen molar-refractivity contribution in [3.63, 3.8) is 0 Å². The van der Waals surface area contributed by atoms with Gasteiger partial charge in [-0.2, -0.15) is 0 Å². The maximum absolute atomic E-state index is 11.2. The van der Waals surface area contributed by atoms with Crippen LogP contribution in [0.4, 0.5) is 0 Å². The van der Waals surface area contributed by atoms with Crippen LogP contribution in [0.15, 0.2) is 11.8 Å². The smallest absolute Gasteiger partial charge is 0.354 e. The van der Waals surface area contributed by atoms with Crippen LogP contribution in [0.5, 0.6) is 0 Å². The predicted octanol–water partition coefficient (Wildman–Crippen LogP) is -0.0317. The third-order valence-corrected chi connectivity index (χ3v) is 1.72. The highest BCUT2D eigenvalue weighted by atomic mass is 16.5. The second kappa shape index (κ2) is 3.69. The molecule has 14 heavy (non-hydrogen) atoms. The van der Waals surface area contributed by atoms with E-state index in [0.717, 1.165) is 6.08 Å². The summed E-state index contributed by atoms with van der Waals surface area (Å²) in [5.41, 5.74) is -0.221. The van der Waals surface area contributed by atoms with E-state index in [2.05, 4.69) is 10.1 Å². The van der Waals surface area contributed by atoms with Gasteiger partial charge in [-0.05, 0) is 13.8 Å². The minimum Gasteiger partial charge on any atom is -0.466 e. The van der Waals surface area contributed by atoms with E-state index in [1.807, 2.05) is 13.8 Å². The molecule has 1 N–H and O–H groups in total. The van der Waals surface area contributed by atoms with Gasteiger partial charge in [0.05, 0.1) is 18.7 Å². The van der Waals surface area contributed by atoms with Gasteiger partial charge in [0, 0.05) is 0 Å². The van der Waals surface area contributed by atoms with E-state index in [0.29, 0.717) is 0 Å². The molecule has 1 heterocycles. The fourth-order valence-corrected chi connectivity index (χ4v) is 1.05. The monoisotopic (exact) mass is 199 g/mol. The summed E-state index contributed by atoms with van der Waals surface area (Å²) in [5, 5.41) is 2.89. The Morgan fingerprint density at radius 3 is 2.86 bits per heavy atom. The van der Waals surface area contributed by atoms with Crippen molar-refractivity contribution >= 4 is 11.9 Å². The van der Waals surface area contributed by atoms with Gasteiger partial charge in [-0.15, -0.1) is 0 Å². The number of cyclic esters (lactones) is 1. The van der Waals surface area contributed by atoms with E-state index in [-0.39, 0.29) is 17.8 Å². The molecule has 5 nitrogen and oxygen atoms in total. The lowest BCUT2D eigenvalue weighted by Crippen LogP contribution is -2.50. The zero-order valence-corrected chi connectivity index (χ0v) is 8.42. The molecule has 0 amide bonds. The Bertz CT molecular complexity index is 293. The van der Waals surface area contributed by atoms with Crippen molar-refractivity contribution in [3.8, 4) is 0 Å². The van der Waals surface area contributed by atoms with Crippen LogP contribution >= 0.6 is 0 Å². The summed E-state index contributed by atoms with van der Waals surface area (Å²) in [4.78, 5) is 22.1. The number of methoxy groups -OCH3 is 1. The highest BCUT2D eigenvalue weighted by Crippen LogP contribution is 2.13. The molecule has 0 saturated carbocycles. The van der Waals surface area contributed by atoms with Crippen molar-refractivity contribution in [1.82, 2.24) is 5.32 Å². The molecule has 0 aromatic heterocycles. The fraction of sp³-hybridized carbons (Fsp3) is 0.556. The molecule has 1 aliphatic rings. The molecule has 0 aliphatic carbocycles. The van der Waals surface area contributed by atoms with Crippen molar-refractivity contribution in [2.24, 2.45) is 0 Å². The Hall–Kier alpha value is -1.52. The van der Waals surface area contributed by atoms with E-state index >= 15 is 0 Å². The highest BCUT2D eigenvalue weighted by molar-refractivity contribution is 5.96. The lowest BCUT2D eigenvalue weighted by Gasteiger charge is -2.32. The summed E-state index contributed by atoms with van der Waals surface area (Å²) in [7, 11) is 1.25. The van der Waals surface area contributed by atoms with Gasteiger partial charge in [0.15, 0.2) is 0 Å². The second-order valence-electron chi connectivity index (χ2n) is 3.67. The molecular weight excluding hydrogens is 186 g/mol. The van der Waals surface area contributed by atoms with Crippen LogP contribution in [-0.4, -0.2) is 31.2 Å². The molecule has 5 heteroatoms. The van der Waals surface area contributed by atoms with Gasteiger partial charge in [-0.3, -0.25) is 0 Å². The molecule has 0 radical (unpaired) electrons. The zero-order valence-electron chi connectivity index (χ0n) is 8.42. The standard InChI is InChI=1S/C9H13NO4/c1-9(2)5-14-8(12)6(10-9)4-7(11)13-3/h4,10H,5H2,1-3H3. The molecule has 0 aromatic rings. The molecule has 1 saturated heterocycles. The van der Waals surface area contributed by atoms with Crippen molar-refractivity contribution in [3.05, 3.63) is 11.8 Å². The van der Waals surface area contributed by atoms with Crippen LogP contribution in [0.2, 0.25) is 0 Å². The van der Waals surface area contributed by atoms with Gasteiger partial charge >= 0.3 is 11.9 Å². The fourth-order valence-electron chi connectivity index (χ4n) is 1.05. The first-order chi connectivity index (χ1) is 6.44. The first-order valence-corrected chi connectivity index (χ1v) is 4.19. The number of hydrogen-bond donors (Lipinski definition) is 1. The quantitative estimate of drug-likeness (QED) is 0.474. The van der Waals surface area contributed by atoms with Crippen LogP contribution in [0.1, 0.15) is 13.8 Å². The van der Waals surface area contributed by atoms with Gasteiger partial charge in [-0.25, -0.2) is 9.59 Å². The van der Waals surface area contributed by atoms with Crippen LogP contribution in [0, 0.1) is 0 Å². The van der Waals surface area contributed by atoms with Crippen molar-refractivity contribution in [1.29, 1.82) is 0 Å². The Balaban J connectivity index is 2.80. The maximum atomic E-state index is 11.2. The Morgan fingerprint density at radius 2 is 2.29 bits per heavy atom. The SMILES string of the molecule is COC(=O)C=C1NC(C)(C)COC1=O. The minimum atomic E-state index is -0.581. The Labute approximate surface area is 82.1 Å². The van der Waals surface area contributed by atoms with Crippen LogP contribution < -0.4 is 5.32 Å². The number of esters is 2. The number of nitrogens with one attached hydrogen (secondary N) is 1. The van der Waals surface area contributed by atoms with Crippen molar-refractivity contribution in [2.45, 2.75) is 19.4 Å². The van der Waals surface area contributed by atoms with Gasteiger partial charge in [0.1, 0.15) is 12.3 Å². The number of carbonyl (C=O) groups excluding carboxylic acids is 2. The van der Waals surface area contributed by atoms with Crippen LogP contribution in [-0.2, 0) is 19.1 Å². The van der Waals surface area contributed by atoms with E-state index in [1.54, 1.807) is 0 Å². The van der Waals surface area contributed by atoms with Gasteiger partial charge in [0.2, 0.25) is 0 Å². The van der Waals surface area contributed by atoms with Crippen LogP contribution in [0.3, 0.4) is 0 Å². The van der Waals surface area contributed by atoms with E-state index in [9.17, 15) is 9.59 Å². The number of hydrogen-bond acceptors (Lipinski definition) is 5. The third kappa shape index (κ3) is 2.48. The summed E-state index contributed by atoms with van der Waals surface area (Å²) in [5.74, 6) is -1.11. The normalized spacial score (nSPS) is 22.5. The summed E-state index contributed by atoms with van der Waals surface area (Å²) < 4.78 is 9.28. The Kier molecular flexibility index (Phi) is 2.78. The molecule has 1 fully saturated rings. The minimum absolute atomic E-state index is 0.133. The first kappa shape index (κ1) is 10.6. The second-order valence-corrected chi connectivity index (χ2v) is 3.67. The van der Waals surface area contributed by atoms with E-state index < -0.39 is 11.9 Å². The summed E-state index contributed by atoms with van der Waals surface area (Å²) >= 11 is 0. The number of rotatable bonds is 1. The number of morpholine rings is 1. The summed E-state index contributed by atoms with van der Waals surface area (Å²) in [6.45, 7) is 4.01. The highest BCUT2D eigenvalue weighted by Gasteiger charge is 2.30. The van der Waals surface area contributed by atoms with Gasteiger partial charge < -0.3 is 14.8 Å². The number of carbonyl (C=O) groups is 2. The third-order valence-electron chi connectivity index (χ3n) is 1.72. The molecule has 78 valence electrons. The van der Waals surface area contributed by atoms with Crippen molar-refractivity contribution in [2.75, 3.05) is 13.7 Å². The van der Waals surface area contributed by atoms with Crippen molar-refractivity contribution < 1.29 is 19.1 Å². The molecule has 0 aromatic carbocycles. The van der Waals surface area contributed by atoms with Crippen LogP contribution in [0.25, 0.3) is 0 Å². The summed E-state index contributed by atoms with van der Waals surface area (Å²) in [6.07, 6.45) is 1.09. The lowest BCUT2D eigenvalue weighted by atomic mass is 10.1. The maximum Gasteiger partial charge on any atom is 0.354 e. The predicted molar refractivity (Wildman–Crippen MR) is 48.3 cm³/mol. The lowest BCUT2D eigenvalue weighted by molar-refractivity contribution is -0.146. The first-order valence-electron chi connectivity index (χ1n) is 4.19. The largest absolute Gasteiger partial charge is 0.466 e. The molecule has 1 rings (SSSR count). The van der Waals surface area contributed by atoms with E-state index in [4.69, 9.17) is 4.74 Å². The molecule has 0 bridgehead atoms.